The van der Waals surface area contributed by atoms with Gasteiger partial charge in [0.2, 0.25) is 11.6 Å². The van der Waals surface area contributed by atoms with Crippen molar-refractivity contribution in [2.45, 2.75) is 37.7 Å². The summed E-state index contributed by atoms with van der Waals surface area (Å²) in [6.07, 6.45) is 1.88. The molecule has 0 unspecified atom stereocenters. The Kier molecular flexibility index (Phi) is 12.3. The van der Waals surface area contributed by atoms with E-state index < -0.39 is 21.6 Å². The lowest BCUT2D eigenvalue weighted by Gasteiger charge is -2.20. The number of hydrogen-bond acceptors (Lipinski definition) is 16. The molecule has 0 bridgehead atoms. The Morgan fingerprint density at radius 1 is 0.849 bits per heavy atom. The van der Waals surface area contributed by atoms with Gasteiger partial charge in [0.05, 0.1) is 24.0 Å². The molecular formula is C35H36N6O11S. The molecule has 53 heavy (non-hydrogen) atoms. The van der Waals surface area contributed by atoms with Gasteiger partial charge in [-0.15, -0.1) is 0 Å². The number of nitrogens with one attached hydrogen (secondary N) is 1. The molecule has 5 aromatic rings. The zero-order chi connectivity index (χ0) is 38.0. The summed E-state index contributed by atoms with van der Waals surface area (Å²) in [5, 5.41) is 16.9. The van der Waals surface area contributed by atoms with Gasteiger partial charge in [-0.2, -0.15) is 4.98 Å². The summed E-state index contributed by atoms with van der Waals surface area (Å²) in [6, 6.07) is 20.6. The van der Waals surface area contributed by atoms with E-state index in [1.165, 1.54) is 55.9 Å². The van der Waals surface area contributed by atoms with E-state index in [0.29, 0.717) is 11.3 Å². The third-order valence-corrected chi connectivity index (χ3v) is 8.51. The van der Waals surface area contributed by atoms with E-state index in [2.05, 4.69) is 29.5 Å². The summed E-state index contributed by atoms with van der Waals surface area (Å²) in [5.41, 5.74) is 1.29. The van der Waals surface area contributed by atoms with Crippen LogP contribution in [-0.4, -0.2) is 70.6 Å². The van der Waals surface area contributed by atoms with Crippen LogP contribution in [-0.2, 0) is 31.6 Å². The van der Waals surface area contributed by atoms with Crippen LogP contribution in [0.3, 0.4) is 0 Å². The Morgan fingerprint density at radius 2 is 1.53 bits per heavy atom. The molecule has 17 nitrogen and oxygen atoms in total. The maximum Gasteiger partial charge on any atom is 0.513 e. The van der Waals surface area contributed by atoms with Gasteiger partial charge >= 0.3 is 6.16 Å². The lowest BCUT2D eigenvalue weighted by Crippen LogP contribution is -2.18. The minimum absolute atomic E-state index is 0.0378. The summed E-state index contributed by atoms with van der Waals surface area (Å²) in [7, 11) is -2.82. The molecule has 2 aromatic heterocycles. The van der Waals surface area contributed by atoms with E-state index in [1.807, 2.05) is 20.8 Å². The fourth-order valence-electron chi connectivity index (χ4n) is 4.51. The minimum atomic E-state index is -4.26. The number of carbonyl (C=O) groups excluding carboxylic acids is 1. The molecule has 2 heterocycles. The van der Waals surface area contributed by atoms with Crippen molar-refractivity contribution in [3.05, 3.63) is 102 Å². The molecule has 0 aliphatic carbocycles. The quantitative estimate of drug-likeness (QED) is 0.0489. The molecule has 0 amide bonds. The lowest BCUT2D eigenvalue weighted by atomic mass is 9.87. The van der Waals surface area contributed by atoms with Gasteiger partial charge in [-0.25, -0.2) is 33.0 Å². The van der Waals surface area contributed by atoms with E-state index >= 15 is 0 Å². The van der Waals surface area contributed by atoms with Gasteiger partial charge in [0, 0.05) is 12.4 Å². The zero-order valence-corrected chi connectivity index (χ0v) is 29.8. The molecule has 5 rings (SSSR count). The number of rotatable bonds is 15. The molecule has 0 saturated carbocycles. The molecule has 0 atom stereocenters. The second-order valence-corrected chi connectivity index (χ2v) is 13.6. The Labute approximate surface area is 304 Å². The first-order chi connectivity index (χ1) is 25.3. The molecule has 0 saturated heterocycles. The normalized spacial score (nSPS) is 11.5. The van der Waals surface area contributed by atoms with Crippen molar-refractivity contribution in [2.24, 2.45) is 0 Å². The summed E-state index contributed by atoms with van der Waals surface area (Å²) in [4.78, 5) is 34.2. The zero-order valence-electron chi connectivity index (χ0n) is 29.0. The molecule has 0 fully saturated rings. The minimum Gasteiger partial charge on any atom is -0.493 e. The van der Waals surface area contributed by atoms with E-state index in [-0.39, 0.29) is 70.7 Å². The molecule has 0 aliphatic heterocycles. The highest BCUT2D eigenvalue weighted by atomic mass is 32.2. The highest BCUT2D eigenvalue weighted by molar-refractivity contribution is 7.92. The fourth-order valence-corrected chi connectivity index (χ4v) is 5.52. The molecule has 18 heteroatoms. The van der Waals surface area contributed by atoms with Gasteiger partial charge in [0.15, 0.2) is 23.1 Å². The lowest BCUT2D eigenvalue weighted by molar-refractivity contribution is -0.497. The molecule has 0 radical (unpaired) electrons. The number of anilines is 1. The van der Waals surface area contributed by atoms with Gasteiger partial charge in [-0.05, 0) is 59.0 Å². The Morgan fingerprint density at radius 3 is 2.17 bits per heavy atom. The van der Waals surface area contributed by atoms with Crippen LogP contribution in [0.25, 0.3) is 11.6 Å². The summed E-state index contributed by atoms with van der Waals surface area (Å²) in [6.45, 7) is 5.28. The van der Waals surface area contributed by atoms with Gasteiger partial charge in [-0.1, -0.05) is 57.2 Å². The Balaban J connectivity index is 1.42. The van der Waals surface area contributed by atoms with E-state index in [4.69, 9.17) is 34.1 Å². The monoisotopic (exact) mass is 748 g/mol. The highest BCUT2D eigenvalue weighted by Gasteiger charge is 2.26. The predicted octanol–water partition coefficient (Wildman–Crippen LogP) is 5.94. The Bertz CT molecular complexity index is 2100. The van der Waals surface area contributed by atoms with Crippen molar-refractivity contribution in [2.75, 3.05) is 25.0 Å². The highest BCUT2D eigenvalue weighted by Crippen LogP contribution is 2.41. The molecular weight excluding hydrogens is 712 g/mol. The van der Waals surface area contributed by atoms with Crippen molar-refractivity contribution < 1.29 is 52.1 Å². The third-order valence-electron chi connectivity index (χ3n) is 7.16. The number of methoxy groups -OCH3 is 1. The van der Waals surface area contributed by atoms with Crippen LogP contribution in [0.2, 0.25) is 0 Å². The number of hydrogen-bond donors (Lipinski definition) is 3. The molecule has 3 aromatic carbocycles. The average molecular weight is 749 g/mol. The van der Waals surface area contributed by atoms with Crippen molar-refractivity contribution in [1.29, 1.82) is 0 Å². The maximum atomic E-state index is 13.8. The van der Waals surface area contributed by atoms with Crippen molar-refractivity contribution in [3.8, 4) is 40.5 Å². The number of aromatic nitrogens is 4. The van der Waals surface area contributed by atoms with Crippen molar-refractivity contribution in [1.82, 2.24) is 25.3 Å². The Hall–Kier alpha value is -5.92. The smallest absolute Gasteiger partial charge is 0.493 e. The van der Waals surface area contributed by atoms with Crippen LogP contribution in [0.4, 0.5) is 10.6 Å². The first-order valence-electron chi connectivity index (χ1n) is 15.8. The van der Waals surface area contributed by atoms with Crippen LogP contribution < -0.4 is 23.7 Å². The summed E-state index contributed by atoms with van der Waals surface area (Å²) in [5.74, 6) is -0.185. The van der Waals surface area contributed by atoms with Gasteiger partial charge in [0.1, 0.15) is 19.0 Å². The SMILES string of the molecule is COc1ccccc1Oc1c(NS(=O)(=O)c2ccc(C(C)(C)C)cc2)nc(-c2ncccn2)nc1OCCOC(=O)Oc1ccc(CON(O)O)cc1. The number of carbonyl (C=O) groups is 1. The molecule has 0 spiro atoms. The largest absolute Gasteiger partial charge is 0.513 e. The van der Waals surface area contributed by atoms with Crippen LogP contribution in [0, 0.1) is 0 Å². The first kappa shape index (κ1) is 38.3. The molecule has 278 valence electrons. The number of nitrogens with zero attached hydrogens (tertiary/aromatic N) is 5. The van der Waals surface area contributed by atoms with Crippen molar-refractivity contribution in [3.63, 3.8) is 0 Å². The van der Waals surface area contributed by atoms with Crippen LogP contribution in [0.5, 0.6) is 28.9 Å². The fraction of sp³-hybridized carbons (Fsp3) is 0.229. The molecule has 3 N–H and O–H groups in total. The standard InChI is InChI=1S/C35H36N6O11S/c1-35(2,3)24-12-16-26(17-13-24)53(45,46)40-30-29(52-28-9-6-5-8-27(28)47-4)33(39-32(38-30)31-36-18-7-19-37-31)48-20-21-49-34(42)51-25-14-10-23(11-15-25)22-50-41(43)44/h5-19,43-44H,20-22H2,1-4H3,(H,38,39,40). The first-order valence-corrected chi connectivity index (χ1v) is 17.3. The second-order valence-electron chi connectivity index (χ2n) is 12.0. The van der Waals surface area contributed by atoms with E-state index in [0.717, 1.165) is 5.56 Å². The number of sulfonamides is 1. The van der Waals surface area contributed by atoms with Crippen LogP contribution in [0.15, 0.2) is 96.2 Å². The number of benzene rings is 3. The maximum absolute atomic E-state index is 13.8. The topological polar surface area (TPSA) is 214 Å². The van der Waals surface area contributed by atoms with Crippen molar-refractivity contribution >= 4 is 22.0 Å². The second kappa shape index (κ2) is 17.1. The average Bonchev–Trinajstić information content (AvgIpc) is 3.14. The van der Waals surface area contributed by atoms with E-state index in [1.54, 1.807) is 42.5 Å². The molecule has 0 aliphatic rings. The van der Waals surface area contributed by atoms with Gasteiger partial charge in [0.25, 0.3) is 15.9 Å². The van der Waals surface area contributed by atoms with E-state index in [9.17, 15) is 13.2 Å². The third kappa shape index (κ3) is 10.6. The predicted molar refractivity (Wildman–Crippen MR) is 186 cm³/mol. The summed E-state index contributed by atoms with van der Waals surface area (Å²) < 4.78 is 58.0. The van der Waals surface area contributed by atoms with Crippen LogP contribution >= 0.6 is 0 Å². The number of ether oxygens (including phenoxy) is 5. The van der Waals surface area contributed by atoms with Gasteiger partial charge in [-0.3, -0.25) is 15.1 Å². The number of para-hydroxylation sites is 2. The van der Waals surface area contributed by atoms with Crippen LogP contribution in [0.1, 0.15) is 31.9 Å². The van der Waals surface area contributed by atoms with Gasteiger partial charge < -0.3 is 23.7 Å². The summed E-state index contributed by atoms with van der Waals surface area (Å²) >= 11 is 0.